The Morgan fingerprint density at radius 3 is 2.75 bits per heavy atom. The van der Waals surface area contributed by atoms with Crippen molar-refractivity contribution in [3.05, 3.63) is 60.3 Å². The van der Waals surface area contributed by atoms with Gasteiger partial charge in [-0.15, -0.1) is 0 Å². The molecule has 1 N–H and O–H groups in total. The summed E-state index contributed by atoms with van der Waals surface area (Å²) >= 11 is 0. The van der Waals surface area contributed by atoms with Gasteiger partial charge >= 0.3 is 0 Å². The van der Waals surface area contributed by atoms with Crippen molar-refractivity contribution in [1.82, 2.24) is 9.78 Å². The first-order chi connectivity index (χ1) is 9.72. The summed E-state index contributed by atoms with van der Waals surface area (Å²) in [5, 5.41) is 8.22. The van der Waals surface area contributed by atoms with Crippen LogP contribution in [0, 0.1) is 0 Å². The highest BCUT2D eigenvalue weighted by Gasteiger charge is 2.05. The molecule has 4 nitrogen and oxygen atoms in total. The Kier molecular flexibility index (Phi) is 3.21. The number of amides is 1. The van der Waals surface area contributed by atoms with Gasteiger partial charge in [0, 0.05) is 18.0 Å². The van der Waals surface area contributed by atoms with Crippen molar-refractivity contribution in [3.63, 3.8) is 0 Å². The first-order valence-corrected chi connectivity index (χ1v) is 6.49. The summed E-state index contributed by atoms with van der Waals surface area (Å²) in [5.74, 6) is -0.0685. The Bertz CT molecular complexity index is 747. The molecular formula is C16H15N3O. The lowest BCUT2D eigenvalue weighted by atomic mass is 10.2. The molecule has 0 saturated carbocycles. The molecule has 1 aromatic heterocycles. The highest BCUT2D eigenvalue weighted by Crippen LogP contribution is 2.19. The quantitative estimate of drug-likeness (QED) is 0.791. The van der Waals surface area contributed by atoms with Crippen LogP contribution >= 0.6 is 0 Å². The van der Waals surface area contributed by atoms with E-state index in [-0.39, 0.29) is 5.91 Å². The lowest BCUT2D eigenvalue weighted by Gasteiger charge is -2.05. The van der Waals surface area contributed by atoms with E-state index in [9.17, 15) is 4.79 Å². The summed E-state index contributed by atoms with van der Waals surface area (Å²) in [4.78, 5) is 11.1. The SMILES string of the molecule is CC(=O)Nc1ccc2c(cnn2Cc2ccccc2)c1. The molecule has 4 heteroatoms. The van der Waals surface area contributed by atoms with Crippen LogP contribution in [0.5, 0.6) is 0 Å². The molecule has 1 amide bonds. The normalized spacial score (nSPS) is 10.7. The van der Waals surface area contributed by atoms with Crippen LogP contribution in [0.1, 0.15) is 12.5 Å². The van der Waals surface area contributed by atoms with Gasteiger partial charge in [-0.2, -0.15) is 5.10 Å². The van der Waals surface area contributed by atoms with Crippen LogP contribution in [-0.4, -0.2) is 15.7 Å². The van der Waals surface area contributed by atoms with Gasteiger partial charge in [0.05, 0.1) is 18.3 Å². The molecule has 0 spiro atoms. The number of hydrogen-bond donors (Lipinski definition) is 1. The second-order valence-electron chi connectivity index (χ2n) is 4.74. The molecule has 0 aliphatic heterocycles. The van der Waals surface area contributed by atoms with Crippen LogP contribution in [-0.2, 0) is 11.3 Å². The van der Waals surface area contributed by atoms with Crippen LogP contribution in [0.2, 0.25) is 0 Å². The lowest BCUT2D eigenvalue weighted by Crippen LogP contribution is -2.05. The second-order valence-corrected chi connectivity index (χ2v) is 4.74. The first-order valence-electron chi connectivity index (χ1n) is 6.49. The van der Waals surface area contributed by atoms with E-state index in [2.05, 4.69) is 22.5 Å². The van der Waals surface area contributed by atoms with Gasteiger partial charge in [0.2, 0.25) is 5.91 Å². The summed E-state index contributed by atoms with van der Waals surface area (Å²) in [7, 11) is 0. The molecule has 20 heavy (non-hydrogen) atoms. The zero-order valence-corrected chi connectivity index (χ0v) is 11.2. The summed E-state index contributed by atoms with van der Waals surface area (Å²) in [6.07, 6.45) is 1.82. The minimum absolute atomic E-state index is 0.0685. The van der Waals surface area contributed by atoms with Crippen molar-refractivity contribution in [2.24, 2.45) is 0 Å². The number of nitrogens with one attached hydrogen (secondary N) is 1. The number of hydrogen-bond acceptors (Lipinski definition) is 2. The van der Waals surface area contributed by atoms with Gasteiger partial charge in [-0.25, -0.2) is 0 Å². The molecule has 1 heterocycles. The number of benzene rings is 2. The molecule has 0 fully saturated rings. The molecule has 0 unspecified atom stereocenters. The zero-order valence-electron chi connectivity index (χ0n) is 11.2. The standard InChI is InChI=1S/C16H15N3O/c1-12(20)18-15-7-8-16-14(9-15)10-17-19(16)11-13-5-3-2-4-6-13/h2-10H,11H2,1H3,(H,18,20). The lowest BCUT2D eigenvalue weighted by molar-refractivity contribution is -0.114. The third-order valence-electron chi connectivity index (χ3n) is 3.14. The predicted octanol–water partition coefficient (Wildman–Crippen LogP) is 3.04. The topological polar surface area (TPSA) is 46.9 Å². The fourth-order valence-corrected chi connectivity index (χ4v) is 2.25. The van der Waals surface area contributed by atoms with Gasteiger partial charge in [-0.05, 0) is 23.8 Å². The number of fused-ring (bicyclic) bond motifs is 1. The van der Waals surface area contributed by atoms with Gasteiger partial charge in [0.15, 0.2) is 0 Å². The second kappa shape index (κ2) is 5.17. The van der Waals surface area contributed by atoms with Gasteiger partial charge < -0.3 is 5.32 Å². The number of carbonyl (C=O) groups is 1. The smallest absolute Gasteiger partial charge is 0.221 e. The number of nitrogens with zero attached hydrogens (tertiary/aromatic N) is 2. The minimum atomic E-state index is -0.0685. The average Bonchev–Trinajstić information content (AvgIpc) is 2.82. The summed E-state index contributed by atoms with van der Waals surface area (Å²) < 4.78 is 1.96. The molecule has 3 rings (SSSR count). The van der Waals surface area contributed by atoms with E-state index in [0.717, 1.165) is 23.1 Å². The van der Waals surface area contributed by atoms with E-state index in [0.29, 0.717) is 0 Å². The maximum atomic E-state index is 11.1. The third kappa shape index (κ3) is 2.54. The molecule has 0 bridgehead atoms. The number of anilines is 1. The van der Waals surface area contributed by atoms with Crippen molar-refractivity contribution in [3.8, 4) is 0 Å². The predicted molar refractivity (Wildman–Crippen MR) is 79.6 cm³/mol. The Balaban J connectivity index is 1.92. The molecule has 0 atom stereocenters. The zero-order chi connectivity index (χ0) is 13.9. The van der Waals surface area contributed by atoms with Gasteiger partial charge in [0.1, 0.15) is 0 Å². The maximum Gasteiger partial charge on any atom is 0.221 e. The van der Waals surface area contributed by atoms with Crippen LogP contribution in [0.25, 0.3) is 10.9 Å². The van der Waals surface area contributed by atoms with Crippen LogP contribution in [0.15, 0.2) is 54.7 Å². The highest BCUT2D eigenvalue weighted by molar-refractivity contribution is 5.92. The highest BCUT2D eigenvalue weighted by atomic mass is 16.1. The molecule has 0 aliphatic rings. The monoisotopic (exact) mass is 265 g/mol. The van der Waals surface area contributed by atoms with E-state index in [1.807, 2.05) is 47.3 Å². The van der Waals surface area contributed by atoms with Crippen molar-refractivity contribution < 1.29 is 4.79 Å². The average molecular weight is 265 g/mol. The summed E-state index contributed by atoms with van der Waals surface area (Å²) in [5.41, 5.74) is 3.07. The number of carbonyl (C=O) groups excluding carboxylic acids is 1. The fourth-order valence-electron chi connectivity index (χ4n) is 2.25. The molecule has 0 aliphatic carbocycles. The molecule has 100 valence electrons. The van der Waals surface area contributed by atoms with E-state index in [1.165, 1.54) is 12.5 Å². The molecular weight excluding hydrogens is 250 g/mol. The fraction of sp³-hybridized carbons (Fsp3) is 0.125. The Hall–Kier alpha value is -2.62. The van der Waals surface area contributed by atoms with Crippen LogP contribution < -0.4 is 5.32 Å². The van der Waals surface area contributed by atoms with Crippen molar-refractivity contribution in [2.75, 3.05) is 5.32 Å². The van der Waals surface area contributed by atoms with Gasteiger partial charge in [-0.1, -0.05) is 30.3 Å². The van der Waals surface area contributed by atoms with Crippen molar-refractivity contribution in [1.29, 1.82) is 0 Å². The van der Waals surface area contributed by atoms with Crippen LogP contribution in [0.3, 0.4) is 0 Å². The summed E-state index contributed by atoms with van der Waals surface area (Å²) in [6.45, 7) is 2.24. The van der Waals surface area contributed by atoms with E-state index >= 15 is 0 Å². The van der Waals surface area contributed by atoms with E-state index in [1.54, 1.807) is 0 Å². The van der Waals surface area contributed by atoms with Crippen LogP contribution in [0.4, 0.5) is 5.69 Å². The minimum Gasteiger partial charge on any atom is -0.326 e. The van der Waals surface area contributed by atoms with E-state index in [4.69, 9.17) is 0 Å². The molecule has 3 aromatic rings. The third-order valence-corrected chi connectivity index (χ3v) is 3.14. The van der Waals surface area contributed by atoms with Gasteiger partial charge in [0.25, 0.3) is 0 Å². The van der Waals surface area contributed by atoms with Crippen molar-refractivity contribution >= 4 is 22.5 Å². The Morgan fingerprint density at radius 1 is 1.20 bits per heavy atom. The Morgan fingerprint density at radius 2 is 2.00 bits per heavy atom. The van der Waals surface area contributed by atoms with E-state index < -0.39 is 0 Å². The number of aromatic nitrogens is 2. The van der Waals surface area contributed by atoms with Gasteiger partial charge in [-0.3, -0.25) is 9.48 Å². The molecule has 2 aromatic carbocycles. The largest absolute Gasteiger partial charge is 0.326 e. The molecule has 0 saturated heterocycles. The molecule has 0 radical (unpaired) electrons. The maximum absolute atomic E-state index is 11.1. The Labute approximate surface area is 117 Å². The number of rotatable bonds is 3. The van der Waals surface area contributed by atoms with Crippen molar-refractivity contribution in [2.45, 2.75) is 13.5 Å². The summed E-state index contributed by atoms with van der Waals surface area (Å²) in [6, 6.07) is 16.0. The first kappa shape index (κ1) is 12.4.